The summed E-state index contributed by atoms with van der Waals surface area (Å²) in [6.07, 6.45) is 0. The number of hydrogen-bond acceptors (Lipinski definition) is 3. The highest BCUT2D eigenvalue weighted by Gasteiger charge is 2.34. The summed E-state index contributed by atoms with van der Waals surface area (Å²) in [5.74, 6) is -0.0161. The van der Waals surface area contributed by atoms with Crippen molar-refractivity contribution in [1.29, 1.82) is 0 Å². The number of rotatable bonds is 2. The first kappa shape index (κ1) is 16.1. The van der Waals surface area contributed by atoms with E-state index in [-0.39, 0.29) is 11.5 Å². The van der Waals surface area contributed by atoms with E-state index in [2.05, 4.69) is 0 Å². The second-order valence-corrected chi connectivity index (χ2v) is 6.45. The molecule has 24 heavy (non-hydrogen) atoms. The lowest BCUT2D eigenvalue weighted by Crippen LogP contribution is -2.27. The van der Waals surface area contributed by atoms with Crippen LogP contribution in [0.1, 0.15) is 19.4 Å². The van der Waals surface area contributed by atoms with Crippen molar-refractivity contribution in [1.82, 2.24) is 0 Å². The van der Waals surface area contributed by atoms with Crippen molar-refractivity contribution in [2.75, 3.05) is 19.0 Å². The molecule has 122 valence electrons. The first-order chi connectivity index (χ1) is 11.4. The maximum absolute atomic E-state index is 12.5. The van der Waals surface area contributed by atoms with Gasteiger partial charge in [-0.1, -0.05) is 42.0 Å². The molecule has 1 N–H and O–H groups in total. The number of carbonyl (C=O) groups excluding carboxylic acids is 1. The van der Waals surface area contributed by atoms with Crippen molar-refractivity contribution in [2.24, 2.45) is 0 Å². The molecule has 1 aliphatic carbocycles. The molecule has 0 spiro atoms. The minimum atomic E-state index is -0.102. The van der Waals surface area contributed by atoms with E-state index in [9.17, 15) is 9.90 Å². The number of aliphatic hydroxyl groups is 1. The molecule has 0 amide bonds. The van der Waals surface area contributed by atoms with Crippen molar-refractivity contribution < 1.29 is 9.90 Å². The fourth-order valence-electron chi connectivity index (χ4n) is 2.83. The molecular weight excluding hydrogens is 298 g/mol. The van der Waals surface area contributed by atoms with Gasteiger partial charge in [0.2, 0.25) is 5.78 Å². The van der Waals surface area contributed by atoms with Crippen LogP contribution < -0.4 is 15.3 Å². The number of benzene rings is 2. The smallest absolute Gasteiger partial charge is 0.201 e. The average molecular weight is 319 g/mol. The lowest BCUT2D eigenvalue weighted by atomic mass is 9.82. The van der Waals surface area contributed by atoms with E-state index in [1.165, 1.54) is 5.57 Å². The van der Waals surface area contributed by atoms with Crippen LogP contribution in [0.15, 0.2) is 54.3 Å². The summed E-state index contributed by atoms with van der Waals surface area (Å²) in [6, 6.07) is 15.3. The number of aliphatic hydroxyl groups excluding tert-OH is 1. The Morgan fingerprint density at radius 1 is 0.875 bits per heavy atom. The zero-order valence-electron chi connectivity index (χ0n) is 14.4. The van der Waals surface area contributed by atoms with Gasteiger partial charge in [-0.25, -0.2) is 0 Å². The lowest BCUT2D eigenvalue weighted by Gasteiger charge is -2.22. The zero-order chi connectivity index (χ0) is 17.4. The van der Waals surface area contributed by atoms with Gasteiger partial charge in [0.15, 0.2) is 0 Å². The number of allylic oxidation sites excluding steroid dienone is 2. The van der Waals surface area contributed by atoms with Gasteiger partial charge in [0.05, 0.1) is 11.1 Å². The molecule has 2 aromatic rings. The standard InChI is InChI=1S/C21H21NO2/c1-13(2)14-5-7-15(8-6-14)18-20(23)19(21(18)24)16-9-11-17(12-10-16)22(3)4/h5-12,23H,1-4H3. The van der Waals surface area contributed by atoms with Crippen molar-refractivity contribution >= 4 is 28.2 Å². The molecule has 0 aliphatic heterocycles. The minimum absolute atomic E-state index is 0.0857. The quantitative estimate of drug-likeness (QED) is 0.925. The Balaban J connectivity index is 2.05. The predicted molar refractivity (Wildman–Crippen MR) is 99.2 cm³/mol. The molecule has 3 rings (SSSR count). The Labute approximate surface area is 141 Å². The molecule has 0 radical (unpaired) electrons. The van der Waals surface area contributed by atoms with Crippen molar-refractivity contribution in [3.63, 3.8) is 0 Å². The van der Waals surface area contributed by atoms with Gasteiger partial charge in [0.25, 0.3) is 0 Å². The molecule has 2 aromatic carbocycles. The van der Waals surface area contributed by atoms with Gasteiger partial charge in [0.1, 0.15) is 5.76 Å². The summed E-state index contributed by atoms with van der Waals surface area (Å²) in [7, 11) is 3.93. The van der Waals surface area contributed by atoms with Crippen LogP contribution in [0.2, 0.25) is 0 Å². The monoisotopic (exact) mass is 319 g/mol. The molecule has 0 saturated carbocycles. The molecule has 0 saturated heterocycles. The molecule has 0 bridgehead atoms. The molecule has 3 nitrogen and oxygen atoms in total. The van der Waals surface area contributed by atoms with Crippen LogP contribution in [-0.4, -0.2) is 25.0 Å². The van der Waals surface area contributed by atoms with Crippen LogP contribution in [0.5, 0.6) is 0 Å². The minimum Gasteiger partial charge on any atom is -0.506 e. The highest BCUT2D eigenvalue weighted by Crippen LogP contribution is 2.36. The first-order valence-electron chi connectivity index (χ1n) is 7.94. The molecule has 0 aromatic heterocycles. The van der Waals surface area contributed by atoms with Gasteiger partial charge in [-0.15, -0.1) is 0 Å². The summed E-state index contributed by atoms with van der Waals surface area (Å²) in [5, 5.41) is 12.3. The topological polar surface area (TPSA) is 40.5 Å². The Bertz CT molecular complexity index is 936. The molecular formula is C21H21NO2. The second-order valence-electron chi connectivity index (χ2n) is 6.45. The first-order valence-corrected chi connectivity index (χ1v) is 7.94. The third kappa shape index (κ3) is 2.62. The predicted octanol–water partition coefficient (Wildman–Crippen LogP) is 2.65. The Morgan fingerprint density at radius 3 is 1.92 bits per heavy atom. The molecule has 0 unspecified atom stereocenters. The molecule has 0 atom stereocenters. The number of carbonyl (C=O) groups is 1. The molecule has 1 aliphatic rings. The van der Waals surface area contributed by atoms with Crippen LogP contribution in [0.4, 0.5) is 5.69 Å². The summed E-state index contributed by atoms with van der Waals surface area (Å²) in [5.41, 5.74) is 3.82. The van der Waals surface area contributed by atoms with Crippen LogP contribution in [0, 0.1) is 0 Å². The van der Waals surface area contributed by atoms with E-state index in [4.69, 9.17) is 0 Å². The van der Waals surface area contributed by atoms with Crippen molar-refractivity contribution in [3.05, 3.63) is 70.3 Å². The lowest BCUT2D eigenvalue weighted by molar-refractivity contribution is -0.109. The number of anilines is 1. The van der Waals surface area contributed by atoms with E-state index >= 15 is 0 Å². The fraction of sp³-hybridized carbons (Fsp3) is 0.190. The molecule has 3 heteroatoms. The van der Waals surface area contributed by atoms with Gasteiger partial charge in [-0.2, -0.15) is 0 Å². The van der Waals surface area contributed by atoms with Gasteiger partial charge < -0.3 is 10.0 Å². The van der Waals surface area contributed by atoms with E-state index in [1.54, 1.807) is 0 Å². The van der Waals surface area contributed by atoms with Crippen LogP contribution in [0.25, 0.3) is 16.7 Å². The van der Waals surface area contributed by atoms with E-state index in [1.807, 2.05) is 81.4 Å². The number of hydrogen-bond donors (Lipinski definition) is 1. The fourth-order valence-corrected chi connectivity index (χ4v) is 2.83. The summed E-state index contributed by atoms with van der Waals surface area (Å²) in [4.78, 5) is 14.5. The van der Waals surface area contributed by atoms with Gasteiger partial charge >= 0.3 is 0 Å². The van der Waals surface area contributed by atoms with E-state index in [0.29, 0.717) is 11.1 Å². The number of Topliss-reactive ketones (excluding diaryl/α,β-unsaturated/α-hetero) is 1. The highest BCUT2D eigenvalue weighted by atomic mass is 16.3. The Hall–Kier alpha value is -2.81. The van der Waals surface area contributed by atoms with Gasteiger partial charge in [-0.05, 0) is 42.0 Å². The number of ketones is 1. The Kier molecular flexibility index (Phi) is 4.02. The maximum atomic E-state index is 12.5. The van der Waals surface area contributed by atoms with Crippen LogP contribution >= 0.6 is 0 Å². The SMILES string of the molecule is CC(C)=c1ccc(=C2C(=O)C(c3ccc(N(C)C)cc3)=C2O)cc1. The Morgan fingerprint density at radius 2 is 1.46 bits per heavy atom. The van der Waals surface area contributed by atoms with Crippen LogP contribution in [0.3, 0.4) is 0 Å². The van der Waals surface area contributed by atoms with Gasteiger partial charge in [0, 0.05) is 19.8 Å². The zero-order valence-corrected chi connectivity index (χ0v) is 14.4. The van der Waals surface area contributed by atoms with Gasteiger partial charge in [-0.3, -0.25) is 4.79 Å². The third-order valence-corrected chi connectivity index (χ3v) is 4.35. The third-order valence-electron chi connectivity index (χ3n) is 4.35. The van der Waals surface area contributed by atoms with E-state index in [0.717, 1.165) is 21.7 Å². The average Bonchev–Trinajstić information content (AvgIpc) is 2.56. The second kappa shape index (κ2) is 6.00. The molecule has 0 fully saturated rings. The maximum Gasteiger partial charge on any atom is 0.201 e. The van der Waals surface area contributed by atoms with Crippen molar-refractivity contribution in [2.45, 2.75) is 13.8 Å². The highest BCUT2D eigenvalue weighted by molar-refractivity contribution is 6.51. The summed E-state index contributed by atoms with van der Waals surface area (Å²) < 4.78 is 0. The summed E-state index contributed by atoms with van der Waals surface area (Å²) >= 11 is 0. The number of nitrogens with zero attached hydrogens (tertiary/aromatic N) is 1. The van der Waals surface area contributed by atoms with Crippen LogP contribution in [-0.2, 0) is 4.79 Å². The molecule has 0 heterocycles. The van der Waals surface area contributed by atoms with Crippen molar-refractivity contribution in [3.8, 4) is 0 Å². The normalized spacial score (nSPS) is 13.8. The largest absolute Gasteiger partial charge is 0.506 e. The van der Waals surface area contributed by atoms with E-state index < -0.39 is 0 Å². The summed E-state index contributed by atoms with van der Waals surface area (Å²) in [6.45, 7) is 4.09.